The summed E-state index contributed by atoms with van der Waals surface area (Å²) in [5.41, 5.74) is 0.663. The minimum Gasteiger partial charge on any atom is -0.350 e. The Bertz CT molecular complexity index is 900. The molecule has 1 fully saturated rings. The van der Waals surface area contributed by atoms with E-state index in [1.807, 2.05) is 11.4 Å². The van der Waals surface area contributed by atoms with Gasteiger partial charge in [0.15, 0.2) is 0 Å². The van der Waals surface area contributed by atoms with Gasteiger partial charge in [0.1, 0.15) is 0 Å². The van der Waals surface area contributed by atoms with Crippen molar-refractivity contribution in [1.29, 1.82) is 0 Å². The maximum absolute atomic E-state index is 12.4. The lowest BCUT2D eigenvalue weighted by molar-refractivity contribution is 0.151. The number of rotatable bonds is 5. The van der Waals surface area contributed by atoms with Gasteiger partial charge in [0.25, 0.3) is 11.3 Å². The molecule has 1 aliphatic rings. The molecule has 132 valence electrons. The van der Waals surface area contributed by atoms with E-state index in [2.05, 4.69) is 38.3 Å². The van der Waals surface area contributed by atoms with Gasteiger partial charge in [-0.15, -0.1) is 11.3 Å². The molecule has 25 heavy (non-hydrogen) atoms. The molecule has 8 heteroatoms. The fraction of sp³-hybridized carbons (Fsp3) is 0.471. The quantitative estimate of drug-likeness (QED) is 0.732. The second-order valence-electron chi connectivity index (χ2n) is 6.54. The third-order valence-corrected chi connectivity index (χ3v) is 5.58. The normalized spacial score (nSPS) is 18.7. The second-order valence-corrected chi connectivity index (χ2v) is 7.57. The summed E-state index contributed by atoms with van der Waals surface area (Å²) in [6.07, 6.45) is 3.70. The van der Waals surface area contributed by atoms with Crippen LogP contribution in [-0.4, -0.2) is 37.1 Å². The first-order valence-electron chi connectivity index (χ1n) is 8.68. The van der Waals surface area contributed by atoms with Crippen LogP contribution in [0.25, 0.3) is 5.78 Å². The second kappa shape index (κ2) is 6.97. The summed E-state index contributed by atoms with van der Waals surface area (Å²) in [6, 6.07) is 6.22. The zero-order valence-electron chi connectivity index (χ0n) is 14.2. The molecule has 1 aliphatic heterocycles. The van der Waals surface area contributed by atoms with Gasteiger partial charge in [-0.3, -0.25) is 14.8 Å². The minimum atomic E-state index is -0.124. The average molecular weight is 358 g/mol. The van der Waals surface area contributed by atoms with Crippen LogP contribution in [0.1, 0.15) is 36.8 Å². The third-order valence-electron chi connectivity index (χ3n) is 4.70. The number of aromatic amines is 1. The van der Waals surface area contributed by atoms with Crippen molar-refractivity contribution in [3.8, 4) is 0 Å². The lowest BCUT2D eigenvalue weighted by Gasteiger charge is -2.32. The predicted molar refractivity (Wildman–Crippen MR) is 99.0 cm³/mol. The van der Waals surface area contributed by atoms with Crippen molar-refractivity contribution in [3.05, 3.63) is 44.5 Å². The highest BCUT2D eigenvalue weighted by molar-refractivity contribution is 7.09. The standard InChI is InChI=1S/C17H22N6OS/c1-12-5-2-3-7-22(12)11-13-9-15(24)23-17(19-13)20-16(21-23)18-10-14-6-4-8-25-14/h4,6,8-9,12H,2-3,5,7,10-11H2,1H3,(H2,18,19,20,21). The SMILES string of the molecule is CC1CCCCN1Cc1cc(=O)n2[nH]c(NCc3cccs3)nc2n1. The van der Waals surface area contributed by atoms with Crippen molar-refractivity contribution >= 4 is 23.1 Å². The first-order chi connectivity index (χ1) is 12.2. The Morgan fingerprint density at radius 1 is 1.40 bits per heavy atom. The average Bonchev–Trinajstić information content (AvgIpc) is 3.24. The molecule has 7 nitrogen and oxygen atoms in total. The predicted octanol–water partition coefficient (Wildman–Crippen LogP) is 2.47. The largest absolute Gasteiger partial charge is 0.350 e. The number of nitrogens with zero attached hydrogens (tertiary/aromatic N) is 4. The van der Waals surface area contributed by atoms with Gasteiger partial charge in [-0.25, -0.2) is 4.98 Å². The Labute approximate surface area is 149 Å². The van der Waals surface area contributed by atoms with E-state index in [-0.39, 0.29) is 5.56 Å². The van der Waals surface area contributed by atoms with Crippen LogP contribution >= 0.6 is 11.3 Å². The molecular formula is C17H22N6OS. The van der Waals surface area contributed by atoms with Crippen LogP contribution in [0.15, 0.2) is 28.4 Å². The van der Waals surface area contributed by atoms with Crippen LogP contribution in [0.2, 0.25) is 0 Å². The minimum absolute atomic E-state index is 0.124. The molecule has 4 rings (SSSR count). The zero-order valence-corrected chi connectivity index (χ0v) is 15.1. The van der Waals surface area contributed by atoms with E-state index in [1.165, 1.54) is 28.7 Å². The number of hydrogen-bond donors (Lipinski definition) is 2. The summed E-state index contributed by atoms with van der Waals surface area (Å²) in [5.74, 6) is 0.974. The summed E-state index contributed by atoms with van der Waals surface area (Å²) in [7, 11) is 0. The molecule has 0 aromatic carbocycles. The van der Waals surface area contributed by atoms with Gasteiger partial charge in [-0.2, -0.15) is 9.50 Å². The molecule has 0 aliphatic carbocycles. The monoisotopic (exact) mass is 358 g/mol. The molecule has 0 amide bonds. The third kappa shape index (κ3) is 3.59. The van der Waals surface area contributed by atoms with Crippen molar-refractivity contribution < 1.29 is 0 Å². The van der Waals surface area contributed by atoms with E-state index in [0.29, 0.717) is 30.9 Å². The smallest absolute Gasteiger partial charge is 0.274 e. The van der Waals surface area contributed by atoms with Gasteiger partial charge < -0.3 is 5.32 Å². The molecular weight excluding hydrogens is 336 g/mol. The summed E-state index contributed by atoms with van der Waals surface area (Å²) in [4.78, 5) is 25.0. The zero-order chi connectivity index (χ0) is 17.2. The molecule has 1 unspecified atom stereocenters. The van der Waals surface area contributed by atoms with Crippen LogP contribution in [0.4, 0.5) is 5.95 Å². The Balaban J connectivity index is 1.53. The lowest BCUT2D eigenvalue weighted by atomic mass is 10.0. The topological polar surface area (TPSA) is 78.3 Å². The fourth-order valence-corrected chi connectivity index (χ4v) is 3.92. The van der Waals surface area contributed by atoms with Gasteiger partial charge >= 0.3 is 0 Å². The fourth-order valence-electron chi connectivity index (χ4n) is 3.27. The van der Waals surface area contributed by atoms with Crippen LogP contribution < -0.4 is 10.9 Å². The number of piperidine rings is 1. The number of fused-ring (bicyclic) bond motifs is 1. The molecule has 3 aromatic rings. The number of thiophene rings is 1. The van der Waals surface area contributed by atoms with Crippen molar-refractivity contribution in [2.24, 2.45) is 0 Å². The van der Waals surface area contributed by atoms with E-state index < -0.39 is 0 Å². The van der Waals surface area contributed by atoms with E-state index in [9.17, 15) is 4.79 Å². The van der Waals surface area contributed by atoms with Crippen molar-refractivity contribution in [1.82, 2.24) is 24.5 Å². The van der Waals surface area contributed by atoms with E-state index in [4.69, 9.17) is 0 Å². The molecule has 3 aromatic heterocycles. The first-order valence-corrected chi connectivity index (χ1v) is 9.56. The number of H-pyrrole nitrogens is 1. The Kier molecular flexibility index (Phi) is 4.54. The van der Waals surface area contributed by atoms with Gasteiger partial charge in [-0.1, -0.05) is 12.5 Å². The van der Waals surface area contributed by atoms with E-state index >= 15 is 0 Å². The van der Waals surface area contributed by atoms with Crippen LogP contribution in [-0.2, 0) is 13.1 Å². The maximum atomic E-state index is 12.4. The highest BCUT2D eigenvalue weighted by Gasteiger charge is 2.19. The number of nitrogens with one attached hydrogen (secondary N) is 2. The summed E-state index contributed by atoms with van der Waals surface area (Å²) in [5, 5.41) is 8.22. The van der Waals surface area contributed by atoms with Crippen molar-refractivity contribution in [2.45, 2.75) is 45.3 Å². The van der Waals surface area contributed by atoms with Crippen LogP contribution in [0.5, 0.6) is 0 Å². The molecule has 1 atom stereocenters. The Morgan fingerprint density at radius 3 is 3.12 bits per heavy atom. The summed E-state index contributed by atoms with van der Waals surface area (Å²) in [6.45, 7) is 4.68. The van der Waals surface area contributed by atoms with Gasteiger partial charge in [0.2, 0.25) is 5.95 Å². The van der Waals surface area contributed by atoms with Gasteiger partial charge in [0.05, 0.1) is 12.2 Å². The highest BCUT2D eigenvalue weighted by atomic mass is 32.1. The van der Waals surface area contributed by atoms with Gasteiger partial charge in [-0.05, 0) is 37.8 Å². The highest BCUT2D eigenvalue weighted by Crippen LogP contribution is 2.18. The molecule has 0 saturated carbocycles. The van der Waals surface area contributed by atoms with E-state index in [1.54, 1.807) is 17.4 Å². The van der Waals surface area contributed by atoms with Crippen LogP contribution in [0.3, 0.4) is 0 Å². The van der Waals surface area contributed by atoms with Crippen molar-refractivity contribution in [2.75, 3.05) is 11.9 Å². The van der Waals surface area contributed by atoms with E-state index in [0.717, 1.165) is 12.2 Å². The number of hydrogen-bond acceptors (Lipinski definition) is 6. The lowest BCUT2D eigenvalue weighted by Crippen LogP contribution is -2.37. The summed E-state index contributed by atoms with van der Waals surface area (Å²) < 4.78 is 1.39. The Hall–Kier alpha value is -2.19. The molecule has 0 spiro atoms. The molecule has 1 saturated heterocycles. The molecule has 4 heterocycles. The summed E-state index contributed by atoms with van der Waals surface area (Å²) >= 11 is 1.68. The maximum Gasteiger partial charge on any atom is 0.274 e. The molecule has 2 N–H and O–H groups in total. The molecule has 0 radical (unpaired) electrons. The number of likely N-dealkylation sites (tertiary alicyclic amines) is 1. The number of aromatic nitrogens is 4. The number of anilines is 1. The van der Waals surface area contributed by atoms with Crippen LogP contribution in [0, 0.1) is 0 Å². The Morgan fingerprint density at radius 2 is 2.32 bits per heavy atom. The van der Waals surface area contributed by atoms with Gasteiger partial charge in [0, 0.05) is 23.5 Å². The first kappa shape index (κ1) is 16.3. The van der Waals surface area contributed by atoms with Crippen molar-refractivity contribution in [3.63, 3.8) is 0 Å². The molecule has 0 bridgehead atoms.